The molecule has 0 aliphatic carbocycles. The number of carbonyl (C=O) groups excluding carboxylic acids is 1. The molecule has 0 atom stereocenters. The zero-order valence-corrected chi connectivity index (χ0v) is 11.2. The average Bonchev–Trinajstić information content (AvgIpc) is 2.80. The number of aromatic nitrogens is 2. The number of aryl methyl sites for hydroxylation is 1. The van der Waals surface area contributed by atoms with Gasteiger partial charge in [0, 0.05) is 19.0 Å². The predicted molar refractivity (Wildman–Crippen MR) is 72.7 cm³/mol. The Hall–Kier alpha value is -1.84. The fourth-order valence-corrected chi connectivity index (χ4v) is 2.08. The standard InChI is InChI=1S/C14H19N3O/c1-4-5-9-17(3)14(18)13-12-10(2)7-6-8-11(12)15-16-13/h6-8H,4-5,9H2,1-3H3,(H,15,16). The molecule has 2 aromatic rings. The third-order valence-electron chi connectivity index (χ3n) is 3.19. The number of nitrogens with one attached hydrogen (secondary N) is 1. The SMILES string of the molecule is CCCCN(C)C(=O)c1n[nH]c2cccc(C)c12. The highest BCUT2D eigenvalue weighted by atomic mass is 16.2. The maximum atomic E-state index is 12.3. The maximum absolute atomic E-state index is 12.3. The molecule has 1 aromatic carbocycles. The van der Waals surface area contributed by atoms with Gasteiger partial charge in [-0.05, 0) is 25.0 Å². The van der Waals surface area contributed by atoms with E-state index >= 15 is 0 Å². The number of unbranched alkanes of at least 4 members (excludes halogenated alkanes) is 1. The van der Waals surface area contributed by atoms with Crippen LogP contribution in [-0.4, -0.2) is 34.6 Å². The van der Waals surface area contributed by atoms with Crippen LogP contribution < -0.4 is 0 Å². The predicted octanol–water partition coefficient (Wildman–Crippen LogP) is 2.74. The molecule has 4 nitrogen and oxygen atoms in total. The summed E-state index contributed by atoms with van der Waals surface area (Å²) in [6.07, 6.45) is 2.10. The van der Waals surface area contributed by atoms with Gasteiger partial charge in [0.25, 0.3) is 5.91 Å². The monoisotopic (exact) mass is 245 g/mol. The number of hydrogen-bond donors (Lipinski definition) is 1. The maximum Gasteiger partial charge on any atom is 0.274 e. The largest absolute Gasteiger partial charge is 0.340 e. The van der Waals surface area contributed by atoms with Crippen LogP contribution in [0.5, 0.6) is 0 Å². The molecule has 0 saturated carbocycles. The van der Waals surface area contributed by atoms with E-state index in [4.69, 9.17) is 0 Å². The Bertz CT molecular complexity index is 559. The van der Waals surface area contributed by atoms with Gasteiger partial charge in [-0.2, -0.15) is 5.10 Å². The Balaban J connectivity index is 2.33. The second-order valence-electron chi connectivity index (χ2n) is 4.65. The van der Waals surface area contributed by atoms with Crippen molar-refractivity contribution in [3.8, 4) is 0 Å². The minimum Gasteiger partial charge on any atom is -0.340 e. The summed E-state index contributed by atoms with van der Waals surface area (Å²) in [5.74, 6) is -0.0102. The number of aromatic amines is 1. The van der Waals surface area contributed by atoms with Crippen molar-refractivity contribution in [3.05, 3.63) is 29.5 Å². The van der Waals surface area contributed by atoms with E-state index in [1.54, 1.807) is 4.90 Å². The van der Waals surface area contributed by atoms with Gasteiger partial charge in [-0.15, -0.1) is 0 Å². The van der Waals surface area contributed by atoms with Crippen LogP contribution in [0, 0.1) is 6.92 Å². The molecular weight excluding hydrogens is 226 g/mol. The van der Waals surface area contributed by atoms with Crippen LogP contribution in [0.25, 0.3) is 10.9 Å². The van der Waals surface area contributed by atoms with Crippen LogP contribution in [-0.2, 0) is 0 Å². The quantitative estimate of drug-likeness (QED) is 0.900. The first-order chi connectivity index (χ1) is 8.65. The number of rotatable bonds is 4. The summed E-state index contributed by atoms with van der Waals surface area (Å²) in [4.78, 5) is 14.1. The van der Waals surface area contributed by atoms with Gasteiger partial charge in [0.05, 0.1) is 5.52 Å². The van der Waals surface area contributed by atoms with Gasteiger partial charge in [0.15, 0.2) is 5.69 Å². The Morgan fingerprint density at radius 3 is 2.94 bits per heavy atom. The van der Waals surface area contributed by atoms with Crippen LogP contribution in [0.2, 0.25) is 0 Å². The normalized spacial score (nSPS) is 10.8. The molecule has 1 N–H and O–H groups in total. The fraction of sp³-hybridized carbons (Fsp3) is 0.429. The Kier molecular flexibility index (Phi) is 3.65. The first kappa shape index (κ1) is 12.6. The zero-order chi connectivity index (χ0) is 13.1. The van der Waals surface area contributed by atoms with Gasteiger partial charge in [0.2, 0.25) is 0 Å². The van der Waals surface area contributed by atoms with E-state index in [1.807, 2.05) is 32.2 Å². The molecule has 0 spiro atoms. The molecular formula is C14H19N3O. The van der Waals surface area contributed by atoms with Crippen molar-refractivity contribution in [2.45, 2.75) is 26.7 Å². The van der Waals surface area contributed by atoms with Crippen LogP contribution in [0.4, 0.5) is 0 Å². The van der Waals surface area contributed by atoms with Crippen molar-refractivity contribution >= 4 is 16.8 Å². The van der Waals surface area contributed by atoms with E-state index in [0.717, 1.165) is 35.9 Å². The first-order valence-corrected chi connectivity index (χ1v) is 6.34. The highest BCUT2D eigenvalue weighted by Gasteiger charge is 2.18. The van der Waals surface area contributed by atoms with Crippen molar-refractivity contribution < 1.29 is 4.79 Å². The number of fused-ring (bicyclic) bond motifs is 1. The van der Waals surface area contributed by atoms with E-state index in [1.165, 1.54) is 0 Å². The third kappa shape index (κ3) is 2.23. The molecule has 4 heteroatoms. The zero-order valence-electron chi connectivity index (χ0n) is 11.2. The van der Waals surface area contributed by atoms with Crippen LogP contribution in [0.1, 0.15) is 35.8 Å². The summed E-state index contributed by atoms with van der Waals surface area (Å²) in [6.45, 7) is 4.89. The van der Waals surface area contributed by atoms with Crippen LogP contribution in [0.15, 0.2) is 18.2 Å². The van der Waals surface area contributed by atoms with Crippen LogP contribution >= 0.6 is 0 Å². The lowest BCUT2D eigenvalue weighted by Crippen LogP contribution is -2.28. The minimum atomic E-state index is -0.0102. The number of amides is 1. The van der Waals surface area contributed by atoms with E-state index in [2.05, 4.69) is 17.1 Å². The van der Waals surface area contributed by atoms with Crippen molar-refractivity contribution in [3.63, 3.8) is 0 Å². The number of carbonyl (C=O) groups is 1. The molecule has 1 amide bonds. The molecule has 0 aliphatic rings. The number of H-pyrrole nitrogens is 1. The number of benzene rings is 1. The second-order valence-corrected chi connectivity index (χ2v) is 4.65. The van der Waals surface area contributed by atoms with Gasteiger partial charge in [-0.1, -0.05) is 25.5 Å². The van der Waals surface area contributed by atoms with Gasteiger partial charge in [-0.3, -0.25) is 9.89 Å². The molecule has 1 aromatic heterocycles. The lowest BCUT2D eigenvalue weighted by Gasteiger charge is -2.15. The molecule has 0 aliphatic heterocycles. The first-order valence-electron chi connectivity index (χ1n) is 6.34. The molecule has 0 unspecified atom stereocenters. The summed E-state index contributed by atoms with van der Waals surface area (Å²) in [5.41, 5.74) is 2.53. The van der Waals surface area contributed by atoms with Crippen molar-refractivity contribution in [2.24, 2.45) is 0 Å². The molecule has 18 heavy (non-hydrogen) atoms. The summed E-state index contributed by atoms with van der Waals surface area (Å²) in [6, 6.07) is 5.91. The fourth-order valence-electron chi connectivity index (χ4n) is 2.08. The van der Waals surface area contributed by atoms with E-state index in [9.17, 15) is 4.79 Å². The smallest absolute Gasteiger partial charge is 0.274 e. The van der Waals surface area contributed by atoms with Gasteiger partial charge in [0.1, 0.15) is 0 Å². The van der Waals surface area contributed by atoms with Gasteiger partial charge >= 0.3 is 0 Å². The van der Waals surface area contributed by atoms with Gasteiger partial charge in [-0.25, -0.2) is 0 Å². The Morgan fingerprint density at radius 1 is 1.44 bits per heavy atom. The Labute approximate surface area is 107 Å². The average molecular weight is 245 g/mol. The summed E-state index contributed by atoms with van der Waals surface area (Å²) in [7, 11) is 1.83. The third-order valence-corrected chi connectivity index (χ3v) is 3.19. The highest BCUT2D eigenvalue weighted by Crippen LogP contribution is 2.20. The number of hydrogen-bond acceptors (Lipinski definition) is 2. The minimum absolute atomic E-state index is 0.0102. The Morgan fingerprint density at radius 2 is 2.22 bits per heavy atom. The topological polar surface area (TPSA) is 49.0 Å². The number of nitrogens with zero attached hydrogens (tertiary/aromatic N) is 2. The van der Waals surface area contributed by atoms with E-state index in [0.29, 0.717) is 5.69 Å². The van der Waals surface area contributed by atoms with E-state index in [-0.39, 0.29) is 5.91 Å². The molecule has 1 heterocycles. The lowest BCUT2D eigenvalue weighted by atomic mass is 10.1. The molecule has 0 bridgehead atoms. The van der Waals surface area contributed by atoms with Crippen molar-refractivity contribution in [2.75, 3.05) is 13.6 Å². The lowest BCUT2D eigenvalue weighted by molar-refractivity contribution is 0.0789. The van der Waals surface area contributed by atoms with E-state index < -0.39 is 0 Å². The molecule has 0 fully saturated rings. The summed E-state index contributed by atoms with van der Waals surface area (Å²) < 4.78 is 0. The summed E-state index contributed by atoms with van der Waals surface area (Å²) >= 11 is 0. The molecule has 2 rings (SSSR count). The molecule has 96 valence electrons. The van der Waals surface area contributed by atoms with Crippen molar-refractivity contribution in [1.82, 2.24) is 15.1 Å². The second kappa shape index (κ2) is 5.21. The molecule has 0 saturated heterocycles. The van der Waals surface area contributed by atoms with Gasteiger partial charge < -0.3 is 4.90 Å². The molecule has 0 radical (unpaired) electrons. The highest BCUT2D eigenvalue weighted by molar-refractivity contribution is 6.05. The summed E-state index contributed by atoms with van der Waals surface area (Å²) in [5, 5.41) is 8.03. The van der Waals surface area contributed by atoms with Crippen molar-refractivity contribution in [1.29, 1.82) is 0 Å². The van der Waals surface area contributed by atoms with Crippen LogP contribution in [0.3, 0.4) is 0 Å².